The molecule has 1 N–H and O–H groups in total. The summed E-state index contributed by atoms with van der Waals surface area (Å²) in [4.78, 5) is 2.37. The van der Waals surface area contributed by atoms with Gasteiger partial charge in [0.25, 0.3) is 0 Å². The van der Waals surface area contributed by atoms with Crippen LogP contribution in [-0.4, -0.2) is 41.8 Å². The first kappa shape index (κ1) is 17.9. The number of benzene rings is 1. The van der Waals surface area contributed by atoms with E-state index in [9.17, 15) is 5.11 Å². The summed E-state index contributed by atoms with van der Waals surface area (Å²) in [6.45, 7) is 8.94. The zero-order chi connectivity index (χ0) is 16.3. The second-order valence-corrected chi connectivity index (χ2v) is 7.08. The molecule has 124 valence electrons. The van der Waals surface area contributed by atoms with Crippen molar-refractivity contribution in [1.29, 1.82) is 0 Å². The number of likely N-dealkylation sites (tertiary alicyclic amines) is 1. The molecule has 22 heavy (non-hydrogen) atoms. The molecule has 1 aromatic carbocycles. The largest absolute Gasteiger partial charge is 0.488 e. The molecule has 0 aliphatic carbocycles. The van der Waals surface area contributed by atoms with Crippen molar-refractivity contribution in [3.8, 4) is 5.75 Å². The van der Waals surface area contributed by atoms with Gasteiger partial charge >= 0.3 is 0 Å². The average molecular weight is 346 g/mol. The van der Waals surface area contributed by atoms with Gasteiger partial charge < -0.3 is 14.7 Å². The lowest BCUT2D eigenvalue weighted by Gasteiger charge is -2.35. The SMILES string of the molecule is CCN1CCC(O)C(Cc2cc(Cl)c(OC(C)C)c(Cl)c2)C1. The van der Waals surface area contributed by atoms with Crippen LogP contribution < -0.4 is 4.74 Å². The molecule has 1 saturated heterocycles. The van der Waals surface area contributed by atoms with E-state index >= 15 is 0 Å². The lowest BCUT2D eigenvalue weighted by Crippen LogP contribution is -2.43. The normalized spacial score (nSPS) is 23.0. The van der Waals surface area contributed by atoms with Gasteiger partial charge in [-0.25, -0.2) is 0 Å². The molecule has 2 atom stereocenters. The molecule has 1 fully saturated rings. The highest BCUT2D eigenvalue weighted by Gasteiger charge is 2.27. The Hall–Kier alpha value is -0.480. The molecule has 1 aromatic rings. The van der Waals surface area contributed by atoms with E-state index in [4.69, 9.17) is 27.9 Å². The minimum Gasteiger partial charge on any atom is -0.488 e. The molecule has 1 aliphatic heterocycles. The Morgan fingerprint density at radius 1 is 1.32 bits per heavy atom. The van der Waals surface area contributed by atoms with Crippen molar-refractivity contribution in [2.24, 2.45) is 5.92 Å². The van der Waals surface area contributed by atoms with Gasteiger partial charge in [-0.3, -0.25) is 0 Å². The summed E-state index contributed by atoms with van der Waals surface area (Å²) in [6, 6.07) is 3.81. The lowest BCUT2D eigenvalue weighted by molar-refractivity contribution is 0.0290. The van der Waals surface area contributed by atoms with Gasteiger partial charge in [0.15, 0.2) is 5.75 Å². The topological polar surface area (TPSA) is 32.7 Å². The molecular formula is C17H25Cl2NO2. The van der Waals surface area contributed by atoms with Gasteiger partial charge in [0.1, 0.15) is 0 Å². The van der Waals surface area contributed by atoms with Gasteiger partial charge in [-0.2, -0.15) is 0 Å². The molecule has 2 unspecified atom stereocenters. The number of rotatable bonds is 5. The van der Waals surface area contributed by atoms with Gasteiger partial charge in [0.2, 0.25) is 0 Å². The Bertz CT molecular complexity index is 484. The molecule has 0 spiro atoms. The first-order valence-electron chi connectivity index (χ1n) is 7.95. The minimum atomic E-state index is -0.257. The maximum absolute atomic E-state index is 10.2. The second kappa shape index (κ2) is 7.87. The molecule has 0 aromatic heterocycles. The number of hydrogen-bond acceptors (Lipinski definition) is 3. The zero-order valence-electron chi connectivity index (χ0n) is 13.5. The maximum atomic E-state index is 10.2. The van der Waals surface area contributed by atoms with Crippen LogP contribution in [-0.2, 0) is 6.42 Å². The highest BCUT2D eigenvalue weighted by Crippen LogP contribution is 2.36. The Kier molecular flexibility index (Phi) is 6.39. The van der Waals surface area contributed by atoms with E-state index in [1.165, 1.54) is 0 Å². The van der Waals surface area contributed by atoms with E-state index in [1.54, 1.807) is 0 Å². The number of nitrogens with zero attached hydrogens (tertiary/aromatic N) is 1. The number of piperidine rings is 1. The average Bonchev–Trinajstić information content (AvgIpc) is 2.45. The first-order chi connectivity index (χ1) is 10.4. The summed E-state index contributed by atoms with van der Waals surface area (Å²) in [5, 5.41) is 11.3. The van der Waals surface area contributed by atoms with Crippen molar-refractivity contribution >= 4 is 23.2 Å². The summed E-state index contributed by atoms with van der Waals surface area (Å²) in [5.41, 5.74) is 1.05. The standard InChI is InChI=1S/C17H25Cl2NO2/c1-4-20-6-5-16(21)13(10-20)7-12-8-14(18)17(15(19)9-12)22-11(2)3/h8-9,11,13,16,21H,4-7,10H2,1-3H3. The number of ether oxygens (including phenoxy) is 1. The number of hydrogen-bond donors (Lipinski definition) is 1. The quantitative estimate of drug-likeness (QED) is 0.874. The molecule has 1 heterocycles. The summed E-state index contributed by atoms with van der Waals surface area (Å²) in [6.07, 6.45) is 1.37. The van der Waals surface area contributed by atoms with E-state index in [2.05, 4.69) is 11.8 Å². The summed E-state index contributed by atoms with van der Waals surface area (Å²) >= 11 is 12.6. The number of aliphatic hydroxyl groups is 1. The van der Waals surface area contributed by atoms with E-state index in [1.807, 2.05) is 26.0 Å². The van der Waals surface area contributed by atoms with Gasteiger partial charge in [-0.1, -0.05) is 30.1 Å². The van der Waals surface area contributed by atoms with Crippen LogP contribution in [0.3, 0.4) is 0 Å². The van der Waals surface area contributed by atoms with Crippen molar-refractivity contribution in [2.45, 2.75) is 45.8 Å². The molecule has 5 heteroatoms. The van der Waals surface area contributed by atoms with Crippen molar-refractivity contribution in [3.05, 3.63) is 27.7 Å². The van der Waals surface area contributed by atoms with Gasteiger partial charge in [0, 0.05) is 19.0 Å². The van der Waals surface area contributed by atoms with E-state index in [0.29, 0.717) is 15.8 Å². The minimum absolute atomic E-state index is 0.0270. The highest BCUT2D eigenvalue weighted by molar-refractivity contribution is 6.37. The summed E-state index contributed by atoms with van der Waals surface area (Å²) in [5.74, 6) is 0.763. The Morgan fingerprint density at radius 2 is 1.95 bits per heavy atom. The molecule has 2 rings (SSSR count). The Morgan fingerprint density at radius 3 is 2.50 bits per heavy atom. The third kappa shape index (κ3) is 4.51. The summed E-state index contributed by atoms with van der Waals surface area (Å²) in [7, 11) is 0. The smallest absolute Gasteiger partial charge is 0.156 e. The molecule has 1 aliphatic rings. The van der Waals surface area contributed by atoms with Gasteiger partial charge in [-0.15, -0.1) is 0 Å². The van der Waals surface area contributed by atoms with Crippen molar-refractivity contribution in [3.63, 3.8) is 0 Å². The third-order valence-electron chi connectivity index (χ3n) is 4.13. The van der Waals surface area contributed by atoms with Crippen molar-refractivity contribution in [1.82, 2.24) is 4.90 Å². The van der Waals surface area contributed by atoms with Crippen LogP contribution in [0.5, 0.6) is 5.75 Å². The zero-order valence-corrected chi connectivity index (χ0v) is 15.0. The van der Waals surface area contributed by atoms with Crippen LogP contribution in [0.1, 0.15) is 32.8 Å². The van der Waals surface area contributed by atoms with Crippen LogP contribution in [0.25, 0.3) is 0 Å². The highest BCUT2D eigenvalue weighted by atomic mass is 35.5. The molecule has 3 nitrogen and oxygen atoms in total. The number of halogens is 2. The van der Waals surface area contributed by atoms with E-state index in [-0.39, 0.29) is 18.1 Å². The lowest BCUT2D eigenvalue weighted by atomic mass is 9.88. The van der Waals surface area contributed by atoms with Gasteiger partial charge in [0.05, 0.1) is 22.3 Å². The van der Waals surface area contributed by atoms with Crippen LogP contribution in [0, 0.1) is 5.92 Å². The Labute approximate surface area is 143 Å². The molecule has 0 amide bonds. The van der Waals surface area contributed by atoms with E-state index in [0.717, 1.165) is 38.0 Å². The first-order valence-corrected chi connectivity index (χ1v) is 8.71. The molecule has 0 bridgehead atoms. The predicted molar refractivity (Wildman–Crippen MR) is 92.2 cm³/mol. The Balaban J connectivity index is 2.12. The monoisotopic (exact) mass is 345 g/mol. The maximum Gasteiger partial charge on any atom is 0.156 e. The molecule has 0 radical (unpaired) electrons. The van der Waals surface area contributed by atoms with Crippen LogP contribution in [0.15, 0.2) is 12.1 Å². The molecule has 0 saturated carbocycles. The molecular weight excluding hydrogens is 321 g/mol. The van der Waals surface area contributed by atoms with Gasteiger partial charge in [-0.05, 0) is 50.9 Å². The van der Waals surface area contributed by atoms with Crippen molar-refractivity contribution in [2.75, 3.05) is 19.6 Å². The second-order valence-electron chi connectivity index (χ2n) is 6.27. The van der Waals surface area contributed by atoms with Crippen LogP contribution in [0.2, 0.25) is 10.0 Å². The third-order valence-corrected chi connectivity index (χ3v) is 4.70. The van der Waals surface area contributed by atoms with Crippen molar-refractivity contribution < 1.29 is 9.84 Å². The van der Waals surface area contributed by atoms with E-state index < -0.39 is 0 Å². The van der Waals surface area contributed by atoms with Crippen LogP contribution >= 0.6 is 23.2 Å². The fourth-order valence-corrected chi connectivity index (χ4v) is 3.59. The number of aliphatic hydroxyl groups excluding tert-OH is 1. The predicted octanol–water partition coefficient (Wildman–Crippen LogP) is 4.03. The fraction of sp³-hybridized carbons (Fsp3) is 0.647. The van der Waals surface area contributed by atoms with Crippen LogP contribution in [0.4, 0.5) is 0 Å². The fourth-order valence-electron chi connectivity index (χ4n) is 2.96. The summed E-state index contributed by atoms with van der Waals surface area (Å²) < 4.78 is 5.65.